The molecule has 0 aliphatic carbocycles. The average Bonchev–Trinajstić information content (AvgIpc) is 2.51. The molecule has 10 heteroatoms. The Morgan fingerprint density at radius 2 is 1.92 bits per heavy atom. The second-order valence-electron chi connectivity index (χ2n) is 5.29. The van der Waals surface area contributed by atoms with Gasteiger partial charge in [0.15, 0.2) is 5.82 Å². The Hall–Kier alpha value is -2.52. The first-order chi connectivity index (χ1) is 11.3. The second kappa shape index (κ2) is 7.37. The number of nitrogens with zero attached hydrogens (tertiary/aromatic N) is 5. The first-order valence-electron chi connectivity index (χ1n) is 7.48. The van der Waals surface area contributed by atoms with Crippen LogP contribution in [0.1, 0.15) is 38.8 Å². The van der Waals surface area contributed by atoms with Gasteiger partial charge in [-0.25, -0.2) is 9.97 Å². The minimum Gasteiger partial charge on any atom is -0.368 e. The van der Waals surface area contributed by atoms with Gasteiger partial charge in [0.05, 0.1) is 0 Å². The third-order valence-corrected chi connectivity index (χ3v) is 3.16. The molecule has 0 aliphatic heterocycles. The van der Waals surface area contributed by atoms with Crippen LogP contribution in [0.3, 0.4) is 0 Å². The fraction of sp³-hybridized carbons (Fsp3) is 0.500. The summed E-state index contributed by atoms with van der Waals surface area (Å²) in [5, 5.41) is 3.05. The summed E-state index contributed by atoms with van der Waals surface area (Å²) >= 11 is 0. The summed E-state index contributed by atoms with van der Waals surface area (Å²) in [6.45, 7) is 4.03. The maximum atomic E-state index is 12.8. The molecule has 7 nitrogen and oxygen atoms in total. The Balaban J connectivity index is 2.28. The van der Waals surface area contributed by atoms with E-state index in [2.05, 4.69) is 37.2 Å². The summed E-state index contributed by atoms with van der Waals surface area (Å²) in [7, 11) is 0. The third kappa shape index (κ3) is 4.74. The number of alkyl halides is 3. The number of rotatable bonds is 6. The van der Waals surface area contributed by atoms with Crippen molar-refractivity contribution in [2.24, 2.45) is 0 Å². The predicted octanol–water partition coefficient (Wildman–Crippen LogP) is 2.92. The number of hydrogen-bond donors (Lipinski definition) is 2. The topological polar surface area (TPSA) is 102 Å². The predicted molar refractivity (Wildman–Crippen MR) is 82.9 cm³/mol. The number of unbranched alkanes of at least 4 members (excludes halogenated alkanes) is 1. The minimum absolute atomic E-state index is 0.0852. The Labute approximate surface area is 137 Å². The molecule has 0 bridgehead atoms. The van der Waals surface area contributed by atoms with Gasteiger partial charge in [-0.3, -0.25) is 0 Å². The lowest BCUT2D eigenvalue weighted by Gasteiger charge is -2.13. The molecule has 24 heavy (non-hydrogen) atoms. The van der Waals surface area contributed by atoms with Crippen LogP contribution in [0.15, 0.2) is 12.3 Å². The monoisotopic (exact) mass is 341 g/mol. The van der Waals surface area contributed by atoms with Crippen molar-refractivity contribution in [2.75, 3.05) is 11.1 Å². The second-order valence-corrected chi connectivity index (χ2v) is 5.29. The van der Waals surface area contributed by atoms with E-state index in [1.165, 1.54) is 0 Å². The molecule has 0 aromatic carbocycles. The molecule has 2 aromatic heterocycles. The summed E-state index contributed by atoms with van der Waals surface area (Å²) in [6.07, 6.45) is -0.599. The summed E-state index contributed by atoms with van der Waals surface area (Å²) < 4.78 is 38.3. The first kappa shape index (κ1) is 17.8. The van der Waals surface area contributed by atoms with Gasteiger partial charge in [-0.05, 0) is 19.4 Å². The van der Waals surface area contributed by atoms with Crippen molar-refractivity contribution < 1.29 is 13.2 Å². The van der Waals surface area contributed by atoms with Gasteiger partial charge in [-0.2, -0.15) is 28.1 Å². The van der Waals surface area contributed by atoms with E-state index in [1.54, 1.807) is 0 Å². The summed E-state index contributed by atoms with van der Waals surface area (Å²) in [4.78, 5) is 19.1. The van der Waals surface area contributed by atoms with Crippen LogP contribution >= 0.6 is 0 Å². The van der Waals surface area contributed by atoms with Gasteiger partial charge in [-0.1, -0.05) is 19.8 Å². The van der Waals surface area contributed by atoms with Crippen LogP contribution in [0.4, 0.5) is 25.1 Å². The van der Waals surface area contributed by atoms with Crippen LogP contribution < -0.4 is 11.1 Å². The SMILES string of the molecule is CCCCC(C)Nc1nc(N)nc(-c2nccc(C(F)(F)F)n2)n1. The number of nitrogen functional groups attached to an aromatic ring is 1. The molecule has 0 fully saturated rings. The van der Waals surface area contributed by atoms with Crippen LogP contribution in [0, 0.1) is 0 Å². The molecule has 1 atom stereocenters. The van der Waals surface area contributed by atoms with Gasteiger partial charge >= 0.3 is 6.18 Å². The molecule has 1 unspecified atom stereocenters. The van der Waals surface area contributed by atoms with E-state index in [-0.39, 0.29) is 29.6 Å². The highest BCUT2D eigenvalue weighted by Gasteiger charge is 2.33. The molecule has 0 aliphatic rings. The molecular weight excluding hydrogens is 323 g/mol. The van der Waals surface area contributed by atoms with Gasteiger partial charge in [0.2, 0.25) is 17.7 Å². The van der Waals surface area contributed by atoms with Crippen molar-refractivity contribution in [3.05, 3.63) is 18.0 Å². The van der Waals surface area contributed by atoms with E-state index < -0.39 is 11.9 Å². The molecule has 3 N–H and O–H groups in total. The quantitative estimate of drug-likeness (QED) is 0.832. The van der Waals surface area contributed by atoms with Gasteiger partial charge in [0.25, 0.3) is 0 Å². The highest BCUT2D eigenvalue weighted by Crippen LogP contribution is 2.28. The van der Waals surface area contributed by atoms with Gasteiger partial charge < -0.3 is 11.1 Å². The average molecular weight is 341 g/mol. The van der Waals surface area contributed by atoms with Crippen LogP contribution in [-0.4, -0.2) is 31.0 Å². The molecule has 2 rings (SSSR count). The van der Waals surface area contributed by atoms with E-state index in [0.717, 1.165) is 31.5 Å². The van der Waals surface area contributed by atoms with Crippen LogP contribution in [0.2, 0.25) is 0 Å². The normalized spacial score (nSPS) is 12.9. The highest BCUT2D eigenvalue weighted by atomic mass is 19.4. The maximum Gasteiger partial charge on any atom is 0.433 e. The number of aromatic nitrogens is 5. The molecule has 0 saturated carbocycles. The molecule has 0 saturated heterocycles. The molecule has 0 amide bonds. The fourth-order valence-electron chi connectivity index (χ4n) is 1.98. The first-order valence-corrected chi connectivity index (χ1v) is 7.48. The summed E-state index contributed by atoms with van der Waals surface area (Å²) in [5.74, 6) is -0.310. The van der Waals surface area contributed by atoms with Crippen molar-refractivity contribution in [3.8, 4) is 11.6 Å². The lowest BCUT2D eigenvalue weighted by molar-refractivity contribution is -0.141. The van der Waals surface area contributed by atoms with E-state index in [1.807, 2.05) is 6.92 Å². The highest BCUT2D eigenvalue weighted by molar-refractivity contribution is 5.48. The number of halogens is 3. The lowest BCUT2D eigenvalue weighted by atomic mass is 10.1. The largest absolute Gasteiger partial charge is 0.433 e. The van der Waals surface area contributed by atoms with Crippen molar-refractivity contribution in [2.45, 2.75) is 45.3 Å². The zero-order chi connectivity index (χ0) is 17.7. The standard InChI is InChI=1S/C14H18F3N7/c1-3-4-5-8(2)20-13-23-11(22-12(18)24-13)10-19-7-6-9(21-10)14(15,16)17/h6-8H,3-5H2,1-2H3,(H3,18,20,22,23,24). The Bertz CT molecular complexity index is 690. The van der Waals surface area contributed by atoms with Crippen molar-refractivity contribution >= 4 is 11.9 Å². The van der Waals surface area contributed by atoms with E-state index >= 15 is 0 Å². The fourth-order valence-corrected chi connectivity index (χ4v) is 1.98. The Kier molecular flexibility index (Phi) is 5.47. The van der Waals surface area contributed by atoms with Gasteiger partial charge in [0, 0.05) is 12.2 Å². The van der Waals surface area contributed by atoms with Gasteiger partial charge in [0.1, 0.15) is 5.69 Å². The molecule has 0 spiro atoms. The summed E-state index contributed by atoms with van der Waals surface area (Å²) in [6, 6.07) is 0.863. The Morgan fingerprint density at radius 3 is 2.58 bits per heavy atom. The minimum atomic E-state index is -4.58. The number of nitrogens with one attached hydrogen (secondary N) is 1. The van der Waals surface area contributed by atoms with E-state index in [0.29, 0.717) is 0 Å². The van der Waals surface area contributed by atoms with Crippen LogP contribution in [0.5, 0.6) is 0 Å². The van der Waals surface area contributed by atoms with Crippen LogP contribution in [0.25, 0.3) is 11.6 Å². The smallest absolute Gasteiger partial charge is 0.368 e. The van der Waals surface area contributed by atoms with Crippen molar-refractivity contribution in [1.29, 1.82) is 0 Å². The number of hydrogen-bond acceptors (Lipinski definition) is 7. The molecule has 0 radical (unpaired) electrons. The van der Waals surface area contributed by atoms with E-state index in [9.17, 15) is 13.2 Å². The zero-order valence-corrected chi connectivity index (χ0v) is 13.3. The molecular formula is C14H18F3N7. The zero-order valence-electron chi connectivity index (χ0n) is 13.3. The molecule has 2 heterocycles. The van der Waals surface area contributed by atoms with Crippen molar-refractivity contribution in [3.63, 3.8) is 0 Å². The maximum absolute atomic E-state index is 12.8. The number of nitrogens with two attached hydrogens (primary N) is 1. The molecule has 2 aromatic rings. The Morgan fingerprint density at radius 1 is 1.17 bits per heavy atom. The number of anilines is 2. The third-order valence-electron chi connectivity index (χ3n) is 3.16. The van der Waals surface area contributed by atoms with Crippen molar-refractivity contribution in [1.82, 2.24) is 24.9 Å². The molecule has 130 valence electrons. The summed E-state index contributed by atoms with van der Waals surface area (Å²) in [5.41, 5.74) is 4.54. The van der Waals surface area contributed by atoms with Crippen LogP contribution in [-0.2, 0) is 6.18 Å². The lowest BCUT2D eigenvalue weighted by Crippen LogP contribution is -2.18. The van der Waals surface area contributed by atoms with Gasteiger partial charge in [-0.15, -0.1) is 0 Å². The van der Waals surface area contributed by atoms with E-state index in [4.69, 9.17) is 5.73 Å².